The molecule has 0 unspecified atom stereocenters. The highest BCUT2D eigenvalue weighted by atomic mass is 15.3. The van der Waals surface area contributed by atoms with Gasteiger partial charge in [-0.15, -0.1) is 0 Å². The SMILES string of the molecule is CN(C)c1ccc(-c2nc(NN)c3ccccc3n2)cc1. The molecule has 2 aromatic carbocycles. The van der Waals surface area contributed by atoms with E-state index in [4.69, 9.17) is 5.84 Å². The first-order chi connectivity index (χ1) is 10.2. The van der Waals surface area contributed by atoms with Gasteiger partial charge in [-0.25, -0.2) is 15.8 Å². The first-order valence-electron chi connectivity index (χ1n) is 6.70. The van der Waals surface area contributed by atoms with Crippen LogP contribution in [0.1, 0.15) is 0 Å². The lowest BCUT2D eigenvalue weighted by atomic mass is 10.1. The molecule has 3 aromatic rings. The topological polar surface area (TPSA) is 67.1 Å². The molecular formula is C16H17N5. The Bertz CT molecular complexity index is 765. The van der Waals surface area contributed by atoms with Gasteiger partial charge in [-0.3, -0.25) is 0 Å². The fourth-order valence-electron chi connectivity index (χ4n) is 2.22. The van der Waals surface area contributed by atoms with Gasteiger partial charge >= 0.3 is 0 Å². The maximum atomic E-state index is 5.58. The molecular weight excluding hydrogens is 262 g/mol. The summed E-state index contributed by atoms with van der Waals surface area (Å²) in [5.41, 5.74) is 5.61. The van der Waals surface area contributed by atoms with Crippen LogP contribution in [-0.4, -0.2) is 24.1 Å². The van der Waals surface area contributed by atoms with Crippen LogP contribution in [0.3, 0.4) is 0 Å². The summed E-state index contributed by atoms with van der Waals surface area (Å²) in [7, 11) is 4.02. The Hall–Kier alpha value is -2.66. The summed E-state index contributed by atoms with van der Waals surface area (Å²) in [6, 6.07) is 15.9. The lowest BCUT2D eigenvalue weighted by Gasteiger charge is -2.13. The molecule has 1 aromatic heterocycles. The molecule has 0 amide bonds. The van der Waals surface area contributed by atoms with Crippen LogP contribution in [0.15, 0.2) is 48.5 Å². The molecule has 21 heavy (non-hydrogen) atoms. The molecule has 0 aliphatic carbocycles. The van der Waals surface area contributed by atoms with Crippen LogP contribution >= 0.6 is 0 Å². The third-order valence-corrected chi connectivity index (χ3v) is 3.38. The Morgan fingerprint density at radius 3 is 2.33 bits per heavy atom. The number of fused-ring (bicyclic) bond motifs is 1. The van der Waals surface area contributed by atoms with E-state index in [-0.39, 0.29) is 0 Å². The number of hydrazine groups is 1. The number of anilines is 2. The van der Waals surface area contributed by atoms with Crippen molar-refractivity contribution in [1.82, 2.24) is 9.97 Å². The van der Waals surface area contributed by atoms with Crippen molar-refractivity contribution in [3.05, 3.63) is 48.5 Å². The fraction of sp³-hybridized carbons (Fsp3) is 0.125. The normalized spacial score (nSPS) is 10.6. The number of para-hydroxylation sites is 1. The minimum Gasteiger partial charge on any atom is -0.378 e. The predicted octanol–water partition coefficient (Wildman–Crippen LogP) is 2.65. The van der Waals surface area contributed by atoms with Gasteiger partial charge in [0, 0.05) is 30.7 Å². The number of nitrogens with two attached hydrogens (primary N) is 1. The first-order valence-corrected chi connectivity index (χ1v) is 6.70. The maximum Gasteiger partial charge on any atom is 0.162 e. The average Bonchev–Trinajstić information content (AvgIpc) is 2.53. The van der Waals surface area contributed by atoms with E-state index < -0.39 is 0 Å². The summed E-state index contributed by atoms with van der Waals surface area (Å²) in [4.78, 5) is 11.2. The number of nitrogen functional groups attached to an aromatic ring is 1. The molecule has 0 fully saturated rings. The van der Waals surface area contributed by atoms with E-state index in [0.29, 0.717) is 11.6 Å². The van der Waals surface area contributed by atoms with Crippen molar-refractivity contribution in [2.75, 3.05) is 24.4 Å². The van der Waals surface area contributed by atoms with Crippen LogP contribution in [0.4, 0.5) is 11.5 Å². The summed E-state index contributed by atoms with van der Waals surface area (Å²) < 4.78 is 0. The van der Waals surface area contributed by atoms with E-state index >= 15 is 0 Å². The number of rotatable bonds is 3. The smallest absolute Gasteiger partial charge is 0.162 e. The Morgan fingerprint density at radius 2 is 1.67 bits per heavy atom. The van der Waals surface area contributed by atoms with Gasteiger partial charge in [0.05, 0.1) is 5.52 Å². The Morgan fingerprint density at radius 1 is 0.952 bits per heavy atom. The molecule has 0 spiro atoms. The zero-order valence-electron chi connectivity index (χ0n) is 12.0. The molecule has 0 aliphatic rings. The van der Waals surface area contributed by atoms with Crippen molar-refractivity contribution < 1.29 is 0 Å². The number of hydrogen-bond acceptors (Lipinski definition) is 5. The summed E-state index contributed by atoms with van der Waals surface area (Å²) in [6.45, 7) is 0. The zero-order chi connectivity index (χ0) is 14.8. The van der Waals surface area contributed by atoms with Crippen LogP contribution in [0.25, 0.3) is 22.3 Å². The molecule has 5 nitrogen and oxygen atoms in total. The van der Waals surface area contributed by atoms with Crippen molar-refractivity contribution in [2.24, 2.45) is 5.84 Å². The summed E-state index contributed by atoms with van der Waals surface area (Å²) in [5, 5.41) is 0.911. The van der Waals surface area contributed by atoms with Crippen molar-refractivity contribution in [3.63, 3.8) is 0 Å². The van der Waals surface area contributed by atoms with Crippen LogP contribution in [0, 0.1) is 0 Å². The highest BCUT2D eigenvalue weighted by Gasteiger charge is 2.08. The van der Waals surface area contributed by atoms with Gasteiger partial charge in [0.1, 0.15) is 0 Å². The van der Waals surface area contributed by atoms with Gasteiger partial charge in [0.25, 0.3) is 0 Å². The molecule has 3 rings (SSSR count). The second kappa shape index (κ2) is 5.38. The van der Waals surface area contributed by atoms with Gasteiger partial charge < -0.3 is 10.3 Å². The first kappa shape index (κ1) is 13.3. The van der Waals surface area contributed by atoms with Gasteiger partial charge in [-0.2, -0.15) is 0 Å². The summed E-state index contributed by atoms with van der Waals surface area (Å²) in [6.07, 6.45) is 0. The van der Waals surface area contributed by atoms with Crippen LogP contribution in [-0.2, 0) is 0 Å². The standard InChI is InChI=1S/C16H17N5/c1-21(2)12-9-7-11(8-10-12)15-18-14-6-4-3-5-13(14)16(19-15)20-17/h3-10H,17H2,1-2H3,(H,18,19,20). The fourth-order valence-corrected chi connectivity index (χ4v) is 2.22. The number of aromatic nitrogens is 2. The van der Waals surface area contributed by atoms with E-state index in [0.717, 1.165) is 22.2 Å². The van der Waals surface area contributed by atoms with Crippen molar-refractivity contribution >= 4 is 22.4 Å². The maximum absolute atomic E-state index is 5.58. The largest absolute Gasteiger partial charge is 0.378 e. The highest BCUT2D eigenvalue weighted by Crippen LogP contribution is 2.25. The lowest BCUT2D eigenvalue weighted by Crippen LogP contribution is -2.10. The van der Waals surface area contributed by atoms with Gasteiger partial charge in [0.2, 0.25) is 0 Å². The molecule has 0 saturated carbocycles. The quantitative estimate of drug-likeness (QED) is 0.570. The molecule has 0 radical (unpaired) electrons. The third kappa shape index (κ3) is 2.51. The number of benzene rings is 2. The molecule has 1 heterocycles. The molecule has 0 bridgehead atoms. The van der Waals surface area contributed by atoms with Gasteiger partial charge in [-0.05, 0) is 36.4 Å². The minimum atomic E-state index is 0.632. The van der Waals surface area contributed by atoms with E-state index in [1.165, 1.54) is 0 Å². The van der Waals surface area contributed by atoms with E-state index in [1.807, 2.05) is 62.6 Å². The van der Waals surface area contributed by atoms with Crippen LogP contribution < -0.4 is 16.2 Å². The second-order valence-electron chi connectivity index (χ2n) is 5.00. The van der Waals surface area contributed by atoms with Gasteiger partial charge in [-0.1, -0.05) is 12.1 Å². The Kier molecular flexibility index (Phi) is 3.41. The highest BCUT2D eigenvalue weighted by molar-refractivity contribution is 5.90. The van der Waals surface area contributed by atoms with Gasteiger partial charge in [0.15, 0.2) is 11.6 Å². The Labute approximate surface area is 123 Å². The van der Waals surface area contributed by atoms with E-state index in [1.54, 1.807) is 0 Å². The van der Waals surface area contributed by atoms with E-state index in [2.05, 4.69) is 20.3 Å². The summed E-state index contributed by atoms with van der Waals surface area (Å²) >= 11 is 0. The molecule has 106 valence electrons. The zero-order valence-corrected chi connectivity index (χ0v) is 12.0. The van der Waals surface area contributed by atoms with E-state index in [9.17, 15) is 0 Å². The predicted molar refractivity (Wildman–Crippen MR) is 87.1 cm³/mol. The van der Waals surface area contributed by atoms with Crippen LogP contribution in [0.2, 0.25) is 0 Å². The average molecular weight is 279 g/mol. The molecule has 3 N–H and O–H groups in total. The number of nitrogens with zero attached hydrogens (tertiary/aromatic N) is 3. The molecule has 0 saturated heterocycles. The summed E-state index contributed by atoms with van der Waals surface area (Å²) in [5.74, 6) is 6.87. The van der Waals surface area contributed by atoms with Crippen molar-refractivity contribution in [1.29, 1.82) is 0 Å². The molecule has 5 heteroatoms. The Balaban J connectivity index is 2.11. The van der Waals surface area contributed by atoms with Crippen molar-refractivity contribution in [3.8, 4) is 11.4 Å². The lowest BCUT2D eigenvalue weighted by molar-refractivity contribution is 1.13. The molecule has 0 atom stereocenters. The molecule has 0 aliphatic heterocycles. The minimum absolute atomic E-state index is 0.632. The third-order valence-electron chi connectivity index (χ3n) is 3.38. The number of hydrogen-bond donors (Lipinski definition) is 2. The number of nitrogens with one attached hydrogen (secondary N) is 1. The second-order valence-corrected chi connectivity index (χ2v) is 5.00. The van der Waals surface area contributed by atoms with Crippen molar-refractivity contribution in [2.45, 2.75) is 0 Å². The van der Waals surface area contributed by atoms with Crippen LogP contribution in [0.5, 0.6) is 0 Å². The monoisotopic (exact) mass is 279 g/mol.